The van der Waals surface area contributed by atoms with E-state index in [1.54, 1.807) is 21.5 Å². The lowest BCUT2D eigenvalue weighted by Crippen LogP contribution is -2.51. The zero-order valence-corrected chi connectivity index (χ0v) is 19.3. The zero-order valence-electron chi connectivity index (χ0n) is 17.8. The molecule has 8 nitrogen and oxygen atoms in total. The van der Waals surface area contributed by atoms with Crippen molar-refractivity contribution in [3.05, 3.63) is 63.6 Å². The highest BCUT2D eigenvalue weighted by Gasteiger charge is 2.26. The van der Waals surface area contributed by atoms with E-state index in [0.29, 0.717) is 42.5 Å². The van der Waals surface area contributed by atoms with Crippen molar-refractivity contribution in [3.8, 4) is 17.1 Å². The second-order valence-electron chi connectivity index (χ2n) is 7.46. The summed E-state index contributed by atoms with van der Waals surface area (Å²) in [6.07, 6.45) is 0. The topological polar surface area (TPSA) is 83.5 Å². The Hall–Kier alpha value is -3.24. The van der Waals surface area contributed by atoms with Gasteiger partial charge in [-0.05, 0) is 54.7 Å². The third-order valence-electron chi connectivity index (χ3n) is 5.48. The average molecular weight is 490 g/mol. The maximum absolute atomic E-state index is 13.3. The summed E-state index contributed by atoms with van der Waals surface area (Å²) in [4.78, 5) is 29.0. The van der Waals surface area contributed by atoms with Gasteiger partial charge in [0.25, 0.3) is 5.91 Å². The van der Waals surface area contributed by atoms with E-state index in [0.717, 1.165) is 11.6 Å². The molecule has 2 amide bonds. The average Bonchev–Trinajstić information content (AvgIpc) is 3.18. The molecule has 1 aliphatic rings. The smallest absolute Gasteiger partial charge is 0.255 e. The first kappa shape index (κ1) is 22.9. The number of aromatic nitrogens is 3. The van der Waals surface area contributed by atoms with Crippen LogP contribution in [0.25, 0.3) is 11.4 Å². The van der Waals surface area contributed by atoms with Gasteiger partial charge in [-0.15, -0.1) is 0 Å². The van der Waals surface area contributed by atoms with Gasteiger partial charge in [0.05, 0.1) is 17.7 Å². The van der Waals surface area contributed by atoms with E-state index in [-0.39, 0.29) is 28.9 Å². The Morgan fingerprint density at radius 1 is 1.12 bits per heavy atom. The third kappa shape index (κ3) is 4.91. The highest BCUT2D eigenvalue weighted by atomic mass is 35.5. The van der Waals surface area contributed by atoms with Crippen molar-refractivity contribution in [2.45, 2.75) is 6.54 Å². The van der Waals surface area contributed by atoms with Crippen LogP contribution in [0.15, 0.2) is 42.5 Å². The quantitative estimate of drug-likeness (QED) is 0.555. The van der Waals surface area contributed by atoms with Gasteiger partial charge in [0.1, 0.15) is 18.1 Å². The fourth-order valence-electron chi connectivity index (χ4n) is 3.65. The molecule has 2 aromatic carbocycles. The molecule has 11 heteroatoms. The summed E-state index contributed by atoms with van der Waals surface area (Å²) in [6, 6.07) is 11.0. The van der Waals surface area contributed by atoms with Crippen LogP contribution in [0.5, 0.6) is 5.75 Å². The van der Waals surface area contributed by atoms with Crippen LogP contribution < -0.4 is 4.74 Å². The van der Waals surface area contributed by atoms with E-state index < -0.39 is 5.82 Å². The molecule has 0 bridgehead atoms. The Kier molecular flexibility index (Phi) is 6.75. The first-order chi connectivity index (χ1) is 15.9. The van der Waals surface area contributed by atoms with Gasteiger partial charge in [-0.25, -0.2) is 4.39 Å². The highest BCUT2D eigenvalue weighted by Crippen LogP contribution is 2.22. The molecule has 0 atom stereocenters. The molecular formula is C22H21ClFN5O3S. The van der Waals surface area contributed by atoms with Gasteiger partial charge in [0, 0.05) is 31.7 Å². The number of piperazine rings is 1. The summed E-state index contributed by atoms with van der Waals surface area (Å²) in [5.74, 6) is 0.347. The number of carbonyl (C=O) groups excluding carboxylic acids is 2. The molecule has 1 fully saturated rings. The molecule has 1 N–H and O–H groups in total. The fraction of sp³-hybridized carbons (Fsp3) is 0.273. The molecule has 0 saturated carbocycles. The summed E-state index contributed by atoms with van der Waals surface area (Å²) in [5, 5.41) is 7.08. The molecule has 1 saturated heterocycles. The first-order valence-electron chi connectivity index (χ1n) is 10.2. The Labute approximate surface area is 199 Å². The number of rotatable bonds is 5. The van der Waals surface area contributed by atoms with E-state index in [4.69, 9.17) is 28.6 Å². The van der Waals surface area contributed by atoms with Gasteiger partial charge in [-0.2, -0.15) is 5.10 Å². The fourth-order valence-corrected chi connectivity index (χ4v) is 4.10. The van der Waals surface area contributed by atoms with Crippen molar-refractivity contribution < 1.29 is 18.7 Å². The summed E-state index contributed by atoms with van der Waals surface area (Å²) < 4.78 is 20.4. The van der Waals surface area contributed by atoms with Crippen molar-refractivity contribution in [1.82, 2.24) is 24.6 Å². The predicted molar refractivity (Wildman–Crippen MR) is 123 cm³/mol. The monoisotopic (exact) mass is 489 g/mol. The van der Waals surface area contributed by atoms with Crippen LogP contribution in [0.2, 0.25) is 5.02 Å². The summed E-state index contributed by atoms with van der Waals surface area (Å²) in [6.45, 7) is 1.45. The van der Waals surface area contributed by atoms with Gasteiger partial charge in [-0.3, -0.25) is 19.3 Å². The molecule has 4 rings (SSSR count). The van der Waals surface area contributed by atoms with Crippen molar-refractivity contribution in [3.63, 3.8) is 0 Å². The largest absolute Gasteiger partial charge is 0.497 e. The van der Waals surface area contributed by atoms with Crippen LogP contribution in [-0.2, 0) is 11.3 Å². The van der Waals surface area contributed by atoms with Crippen LogP contribution in [0, 0.1) is 10.6 Å². The molecule has 3 aromatic rings. The van der Waals surface area contributed by atoms with Gasteiger partial charge >= 0.3 is 0 Å². The lowest BCUT2D eigenvalue weighted by molar-refractivity contribution is -0.133. The normalized spacial score (nSPS) is 13.8. The molecule has 0 aliphatic carbocycles. The Balaban J connectivity index is 1.41. The number of halogens is 2. The molecule has 33 heavy (non-hydrogen) atoms. The molecule has 1 aromatic heterocycles. The van der Waals surface area contributed by atoms with Gasteiger partial charge in [-0.1, -0.05) is 11.6 Å². The lowest BCUT2D eigenvalue weighted by atomic mass is 10.1. The zero-order chi connectivity index (χ0) is 23.5. The molecule has 0 spiro atoms. The Bertz CT molecular complexity index is 1240. The number of nitrogens with one attached hydrogen (secondary N) is 1. The second-order valence-corrected chi connectivity index (χ2v) is 8.26. The van der Waals surface area contributed by atoms with Gasteiger partial charge in [0.2, 0.25) is 5.91 Å². The maximum Gasteiger partial charge on any atom is 0.255 e. The number of H-pyrrole nitrogens is 1. The van der Waals surface area contributed by atoms with Crippen LogP contribution in [-0.4, -0.2) is 69.7 Å². The summed E-state index contributed by atoms with van der Waals surface area (Å²) >= 11 is 11.3. The predicted octanol–water partition coefficient (Wildman–Crippen LogP) is 3.39. The SMILES string of the molecule is COc1ccc(-c2n[nH]c(=S)n2CC(=O)N2CCN(C(=O)c3ccc(F)cc3Cl)CC2)cc1. The molecule has 0 unspecified atom stereocenters. The summed E-state index contributed by atoms with van der Waals surface area (Å²) in [7, 11) is 1.59. The Morgan fingerprint density at radius 3 is 2.42 bits per heavy atom. The molecule has 172 valence electrons. The minimum Gasteiger partial charge on any atom is -0.497 e. The van der Waals surface area contributed by atoms with Crippen molar-refractivity contribution in [2.75, 3.05) is 33.3 Å². The molecule has 1 aliphatic heterocycles. The number of hydrogen-bond donors (Lipinski definition) is 1. The van der Waals surface area contributed by atoms with E-state index in [2.05, 4.69) is 10.2 Å². The van der Waals surface area contributed by atoms with Crippen LogP contribution >= 0.6 is 23.8 Å². The number of aromatic amines is 1. The first-order valence-corrected chi connectivity index (χ1v) is 11.0. The molecule has 2 heterocycles. The van der Waals surface area contributed by atoms with Crippen LogP contribution in [0.4, 0.5) is 4.39 Å². The van der Waals surface area contributed by atoms with E-state index in [1.807, 2.05) is 24.3 Å². The third-order valence-corrected chi connectivity index (χ3v) is 6.11. The van der Waals surface area contributed by atoms with Crippen LogP contribution in [0.1, 0.15) is 10.4 Å². The van der Waals surface area contributed by atoms with Crippen molar-refractivity contribution in [2.24, 2.45) is 0 Å². The minimum atomic E-state index is -0.501. The van der Waals surface area contributed by atoms with E-state index in [9.17, 15) is 14.0 Å². The lowest BCUT2D eigenvalue weighted by Gasteiger charge is -2.35. The number of carbonyl (C=O) groups is 2. The van der Waals surface area contributed by atoms with Crippen molar-refractivity contribution in [1.29, 1.82) is 0 Å². The van der Waals surface area contributed by atoms with Gasteiger partial charge < -0.3 is 14.5 Å². The summed E-state index contributed by atoms with van der Waals surface area (Å²) in [5.41, 5.74) is 1.04. The van der Waals surface area contributed by atoms with E-state index in [1.165, 1.54) is 12.1 Å². The highest BCUT2D eigenvalue weighted by molar-refractivity contribution is 7.71. The number of nitrogens with zero attached hydrogens (tertiary/aromatic N) is 4. The van der Waals surface area contributed by atoms with Gasteiger partial charge in [0.15, 0.2) is 10.6 Å². The molecular weight excluding hydrogens is 469 g/mol. The molecule has 0 radical (unpaired) electrons. The van der Waals surface area contributed by atoms with E-state index >= 15 is 0 Å². The number of hydrogen-bond acceptors (Lipinski definition) is 5. The number of methoxy groups -OCH3 is 1. The number of amides is 2. The standard InChI is InChI=1S/C22H21ClFN5O3S/c1-32-16-5-2-14(3-6-16)20-25-26-22(33)29(20)13-19(30)27-8-10-28(11-9-27)21(31)17-7-4-15(24)12-18(17)23/h2-7,12H,8-11,13H2,1H3,(H,26,33). The number of ether oxygens (including phenoxy) is 1. The second kappa shape index (κ2) is 9.72. The van der Waals surface area contributed by atoms with Crippen molar-refractivity contribution >= 4 is 35.6 Å². The minimum absolute atomic E-state index is 0.0223. The Morgan fingerprint density at radius 2 is 1.79 bits per heavy atom. The maximum atomic E-state index is 13.3. The number of benzene rings is 2. The van der Waals surface area contributed by atoms with Crippen LogP contribution in [0.3, 0.4) is 0 Å².